The van der Waals surface area contributed by atoms with Gasteiger partial charge in [0.05, 0.1) is 24.3 Å². The van der Waals surface area contributed by atoms with Crippen LogP contribution in [0.25, 0.3) is 0 Å². The fourth-order valence-corrected chi connectivity index (χ4v) is 3.21. The normalized spacial score (nSPS) is 10.3. The summed E-state index contributed by atoms with van der Waals surface area (Å²) in [7, 11) is 0. The van der Waals surface area contributed by atoms with Crippen molar-refractivity contribution < 1.29 is 19.1 Å². The largest absolute Gasteiger partial charge is 0.462 e. The van der Waals surface area contributed by atoms with Crippen LogP contribution in [0.15, 0.2) is 52.3 Å². The van der Waals surface area contributed by atoms with E-state index in [1.807, 2.05) is 24.3 Å². The van der Waals surface area contributed by atoms with Gasteiger partial charge in [-0.1, -0.05) is 11.8 Å². The van der Waals surface area contributed by atoms with E-state index in [2.05, 4.69) is 22.6 Å². The van der Waals surface area contributed by atoms with Crippen LogP contribution in [-0.4, -0.2) is 25.2 Å². The predicted octanol–water partition coefficient (Wildman–Crippen LogP) is 4.80. The second-order valence-corrected chi connectivity index (χ2v) is 7.10. The van der Waals surface area contributed by atoms with Crippen molar-refractivity contribution >= 4 is 46.3 Å². The van der Waals surface area contributed by atoms with Gasteiger partial charge in [-0.25, -0.2) is 9.59 Å². The summed E-state index contributed by atoms with van der Waals surface area (Å²) in [6.45, 7) is 3.95. The molecule has 4 nitrogen and oxygen atoms in total. The van der Waals surface area contributed by atoms with E-state index < -0.39 is 11.9 Å². The molecule has 2 aromatic carbocycles. The number of hydrogen-bond donors (Lipinski definition) is 0. The minimum Gasteiger partial charge on any atom is -0.462 e. The lowest BCUT2D eigenvalue weighted by molar-refractivity contribution is 0.0478. The molecule has 6 heteroatoms. The van der Waals surface area contributed by atoms with Crippen molar-refractivity contribution in [2.75, 3.05) is 13.2 Å². The average molecular weight is 456 g/mol. The highest BCUT2D eigenvalue weighted by atomic mass is 127. The topological polar surface area (TPSA) is 52.6 Å². The molecule has 0 radical (unpaired) electrons. The van der Waals surface area contributed by atoms with Crippen LogP contribution in [-0.2, 0) is 9.47 Å². The molecule has 0 unspecified atom stereocenters. The van der Waals surface area contributed by atoms with Crippen molar-refractivity contribution in [2.45, 2.75) is 23.6 Å². The van der Waals surface area contributed by atoms with Crippen molar-refractivity contribution in [1.29, 1.82) is 0 Å². The van der Waals surface area contributed by atoms with Gasteiger partial charge in [0.15, 0.2) is 0 Å². The summed E-state index contributed by atoms with van der Waals surface area (Å²) in [4.78, 5) is 26.1. The monoisotopic (exact) mass is 456 g/mol. The molecular weight excluding hydrogens is 439 g/mol. The zero-order valence-electron chi connectivity index (χ0n) is 13.4. The Hall–Kier alpha value is -1.54. The number of rotatable bonds is 6. The predicted molar refractivity (Wildman–Crippen MR) is 102 cm³/mol. The summed E-state index contributed by atoms with van der Waals surface area (Å²) in [5.41, 5.74) is 0.452. The van der Waals surface area contributed by atoms with E-state index in [-0.39, 0.29) is 24.3 Å². The first kappa shape index (κ1) is 18.8. The van der Waals surface area contributed by atoms with Gasteiger partial charge < -0.3 is 9.47 Å². The maximum atomic E-state index is 12.2. The van der Waals surface area contributed by atoms with Gasteiger partial charge in [-0.05, 0) is 78.9 Å². The highest BCUT2D eigenvalue weighted by molar-refractivity contribution is 14.1. The Morgan fingerprint density at radius 1 is 0.875 bits per heavy atom. The average Bonchev–Trinajstić information content (AvgIpc) is 2.57. The van der Waals surface area contributed by atoms with Crippen LogP contribution in [0, 0.1) is 3.57 Å². The lowest BCUT2D eigenvalue weighted by Gasteiger charge is -2.10. The molecule has 0 aliphatic heterocycles. The molecular formula is C18H17IO4S. The van der Waals surface area contributed by atoms with Crippen LogP contribution >= 0.6 is 34.4 Å². The summed E-state index contributed by atoms with van der Waals surface area (Å²) in [5, 5.41) is 0. The van der Waals surface area contributed by atoms with Gasteiger partial charge in [-0.15, -0.1) is 0 Å². The smallest absolute Gasteiger partial charge is 0.339 e. The maximum Gasteiger partial charge on any atom is 0.339 e. The summed E-state index contributed by atoms with van der Waals surface area (Å²) in [5.74, 6) is -1.04. The molecule has 0 aromatic heterocycles. The molecule has 0 aliphatic rings. The third kappa shape index (κ3) is 4.98. The van der Waals surface area contributed by atoms with E-state index >= 15 is 0 Å². The Bertz CT molecular complexity index is 728. The van der Waals surface area contributed by atoms with Gasteiger partial charge in [0.25, 0.3) is 0 Å². The van der Waals surface area contributed by atoms with Crippen LogP contribution in [0.3, 0.4) is 0 Å². The molecule has 0 heterocycles. The number of benzene rings is 2. The van der Waals surface area contributed by atoms with Crippen molar-refractivity contribution in [3.05, 3.63) is 57.2 Å². The SMILES string of the molecule is CCOC(=O)c1ccc(Sc2ccc(I)cc2)cc1C(=O)OCC. The molecule has 0 fully saturated rings. The van der Waals surface area contributed by atoms with Gasteiger partial charge in [-0.3, -0.25) is 0 Å². The van der Waals surface area contributed by atoms with E-state index in [1.54, 1.807) is 32.0 Å². The first-order valence-corrected chi connectivity index (χ1v) is 9.36. The van der Waals surface area contributed by atoms with Gasteiger partial charge >= 0.3 is 11.9 Å². The molecule has 0 N–H and O–H groups in total. The number of carbonyl (C=O) groups is 2. The van der Waals surface area contributed by atoms with Gasteiger partial charge in [0, 0.05) is 13.4 Å². The second kappa shape index (κ2) is 9.08. The first-order chi connectivity index (χ1) is 11.5. The fraction of sp³-hybridized carbons (Fsp3) is 0.222. The Balaban J connectivity index is 2.33. The molecule has 0 aliphatic carbocycles. The number of hydrogen-bond acceptors (Lipinski definition) is 5. The summed E-state index contributed by atoms with van der Waals surface area (Å²) < 4.78 is 11.2. The number of esters is 2. The quantitative estimate of drug-likeness (QED) is 0.462. The Morgan fingerprint density at radius 3 is 2.00 bits per heavy atom. The molecule has 2 aromatic rings. The zero-order valence-corrected chi connectivity index (χ0v) is 16.3. The zero-order chi connectivity index (χ0) is 17.5. The van der Waals surface area contributed by atoms with E-state index in [9.17, 15) is 9.59 Å². The first-order valence-electron chi connectivity index (χ1n) is 7.46. The lowest BCUT2D eigenvalue weighted by Crippen LogP contribution is -2.14. The number of ether oxygens (including phenoxy) is 2. The van der Waals surface area contributed by atoms with E-state index in [1.165, 1.54) is 11.8 Å². The summed E-state index contributed by atoms with van der Waals surface area (Å²) in [6, 6.07) is 13.1. The van der Waals surface area contributed by atoms with E-state index in [4.69, 9.17) is 9.47 Å². The number of halogens is 1. The van der Waals surface area contributed by atoms with Crippen LogP contribution in [0.1, 0.15) is 34.6 Å². The third-order valence-corrected chi connectivity index (χ3v) is 4.75. The Morgan fingerprint density at radius 2 is 1.42 bits per heavy atom. The number of carbonyl (C=O) groups excluding carboxylic acids is 2. The van der Waals surface area contributed by atoms with Crippen LogP contribution < -0.4 is 0 Å². The third-order valence-electron chi connectivity index (χ3n) is 3.03. The molecule has 0 spiro atoms. The van der Waals surface area contributed by atoms with E-state index in [0.717, 1.165) is 13.4 Å². The molecule has 0 saturated heterocycles. The molecule has 0 atom stereocenters. The Labute approximate surface area is 159 Å². The van der Waals surface area contributed by atoms with Crippen LogP contribution in [0.5, 0.6) is 0 Å². The molecule has 126 valence electrons. The van der Waals surface area contributed by atoms with Crippen LogP contribution in [0.4, 0.5) is 0 Å². The van der Waals surface area contributed by atoms with Crippen LogP contribution in [0.2, 0.25) is 0 Å². The summed E-state index contributed by atoms with van der Waals surface area (Å²) >= 11 is 3.76. The van der Waals surface area contributed by atoms with Crippen molar-refractivity contribution in [2.24, 2.45) is 0 Å². The molecule has 0 amide bonds. The highest BCUT2D eigenvalue weighted by Crippen LogP contribution is 2.30. The minimum absolute atomic E-state index is 0.224. The van der Waals surface area contributed by atoms with Gasteiger partial charge in [0.2, 0.25) is 0 Å². The molecule has 24 heavy (non-hydrogen) atoms. The Kier molecular flexibility index (Phi) is 7.11. The molecule has 0 bridgehead atoms. The van der Waals surface area contributed by atoms with Gasteiger partial charge in [-0.2, -0.15) is 0 Å². The van der Waals surface area contributed by atoms with E-state index in [0.29, 0.717) is 0 Å². The lowest BCUT2D eigenvalue weighted by atomic mass is 10.1. The standard InChI is InChI=1S/C18H17IO4S/c1-3-22-17(20)15-10-9-14(11-16(15)18(21)23-4-2)24-13-7-5-12(19)6-8-13/h5-11H,3-4H2,1-2H3. The second-order valence-electron chi connectivity index (χ2n) is 4.70. The van der Waals surface area contributed by atoms with Crippen molar-refractivity contribution in [1.82, 2.24) is 0 Å². The molecule has 2 rings (SSSR count). The highest BCUT2D eigenvalue weighted by Gasteiger charge is 2.20. The fourth-order valence-electron chi connectivity index (χ4n) is 1.99. The minimum atomic E-state index is -0.523. The van der Waals surface area contributed by atoms with Crippen molar-refractivity contribution in [3.8, 4) is 0 Å². The summed E-state index contributed by atoms with van der Waals surface area (Å²) in [6.07, 6.45) is 0. The molecule has 0 saturated carbocycles. The van der Waals surface area contributed by atoms with Gasteiger partial charge in [0.1, 0.15) is 0 Å². The van der Waals surface area contributed by atoms with Crippen molar-refractivity contribution in [3.63, 3.8) is 0 Å². The maximum absolute atomic E-state index is 12.2.